The molecule has 0 spiro atoms. The van der Waals surface area contributed by atoms with E-state index in [1.54, 1.807) is 12.1 Å². The fourth-order valence-electron chi connectivity index (χ4n) is 2.18. The molecule has 10 heteroatoms. The predicted octanol–water partition coefficient (Wildman–Crippen LogP) is 3.08. The lowest BCUT2D eigenvalue weighted by Gasteiger charge is -2.11. The Labute approximate surface area is 152 Å². The van der Waals surface area contributed by atoms with Crippen molar-refractivity contribution in [3.63, 3.8) is 0 Å². The van der Waals surface area contributed by atoms with Gasteiger partial charge in [0.15, 0.2) is 9.84 Å². The summed E-state index contributed by atoms with van der Waals surface area (Å²) in [6, 6.07) is 6.66. The van der Waals surface area contributed by atoms with Crippen molar-refractivity contribution < 1.29 is 22.4 Å². The monoisotopic (exact) mass is 402 g/mol. The van der Waals surface area contributed by atoms with Gasteiger partial charge in [-0.05, 0) is 30.3 Å². The van der Waals surface area contributed by atoms with E-state index in [0.717, 1.165) is 29.3 Å². The zero-order valence-electron chi connectivity index (χ0n) is 12.8. The molecule has 1 aliphatic heterocycles. The van der Waals surface area contributed by atoms with Crippen LogP contribution in [0.1, 0.15) is 11.3 Å². The second-order valence-electron chi connectivity index (χ2n) is 5.34. The van der Waals surface area contributed by atoms with E-state index in [9.17, 15) is 17.6 Å². The van der Waals surface area contributed by atoms with Crippen molar-refractivity contribution >= 4 is 50.1 Å². The van der Waals surface area contributed by atoms with E-state index in [4.69, 9.17) is 16.4 Å². The van der Waals surface area contributed by atoms with E-state index >= 15 is 0 Å². The summed E-state index contributed by atoms with van der Waals surface area (Å²) in [5.41, 5.74) is 0.339. The zero-order chi connectivity index (χ0) is 18.2. The molecule has 0 saturated heterocycles. The Morgan fingerprint density at radius 3 is 2.80 bits per heavy atom. The first kappa shape index (κ1) is 17.8. The predicted molar refractivity (Wildman–Crippen MR) is 93.5 cm³/mol. The molecule has 0 saturated carbocycles. The van der Waals surface area contributed by atoms with Gasteiger partial charge in [0, 0.05) is 12.7 Å². The molecule has 1 N–H and O–H groups in total. The first-order chi connectivity index (χ1) is 11.7. The molecule has 1 aromatic heterocycles. The number of amides is 1. The highest BCUT2D eigenvalue weighted by Crippen LogP contribution is 2.27. The van der Waals surface area contributed by atoms with Crippen LogP contribution < -0.4 is 5.32 Å². The maximum atomic E-state index is 13.9. The molecule has 0 bridgehead atoms. The first-order valence-electron chi connectivity index (χ1n) is 7.03. The number of sulfone groups is 1. The Morgan fingerprint density at radius 1 is 1.40 bits per heavy atom. The molecule has 2 heterocycles. The highest BCUT2D eigenvalue weighted by molar-refractivity contribution is 7.90. The number of anilines is 1. The van der Waals surface area contributed by atoms with Crippen LogP contribution in [0, 0.1) is 5.82 Å². The smallest absolute Gasteiger partial charge is 0.268 e. The van der Waals surface area contributed by atoms with Crippen molar-refractivity contribution in [3.8, 4) is 0 Å². The van der Waals surface area contributed by atoms with E-state index in [2.05, 4.69) is 10.5 Å². The van der Waals surface area contributed by atoms with Gasteiger partial charge < -0.3 is 10.2 Å². The molecule has 0 radical (unpaired) electrons. The highest BCUT2D eigenvalue weighted by atomic mass is 35.5. The van der Waals surface area contributed by atoms with Crippen LogP contribution >= 0.6 is 22.9 Å². The van der Waals surface area contributed by atoms with Crippen molar-refractivity contribution in [3.05, 3.63) is 45.4 Å². The Morgan fingerprint density at radius 2 is 2.16 bits per heavy atom. The van der Waals surface area contributed by atoms with Crippen molar-refractivity contribution in [2.45, 2.75) is 17.4 Å². The lowest BCUT2D eigenvalue weighted by atomic mass is 10.1. The number of nitrogens with zero attached hydrogens (tertiary/aromatic N) is 1. The van der Waals surface area contributed by atoms with Gasteiger partial charge in [-0.3, -0.25) is 4.79 Å². The lowest BCUT2D eigenvalue weighted by molar-refractivity contribution is -0.125. The minimum Gasteiger partial charge on any atom is -0.382 e. The molecular formula is C15H12ClFN2O4S2. The molecular weight excluding hydrogens is 391 g/mol. The maximum Gasteiger partial charge on any atom is 0.268 e. The van der Waals surface area contributed by atoms with Crippen LogP contribution in [0.5, 0.6) is 0 Å². The van der Waals surface area contributed by atoms with Crippen LogP contribution in [-0.4, -0.2) is 32.4 Å². The molecule has 1 aromatic carbocycles. The summed E-state index contributed by atoms with van der Waals surface area (Å²) >= 11 is 7.17. The minimum atomic E-state index is -3.52. The normalized spacial score (nSPS) is 17.1. The van der Waals surface area contributed by atoms with Crippen LogP contribution in [0.4, 0.5) is 10.1 Å². The summed E-state index contributed by atoms with van der Waals surface area (Å²) in [7, 11) is -3.52. The van der Waals surface area contributed by atoms with Crippen molar-refractivity contribution in [1.82, 2.24) is 0 Å². The number of benzene rings is 1. The summed E-state index contributed by atoms with van der Waals surface area (Å²) < 4.78 is 37.6. The number of carbonyl (C=O) groups excluding carboxylic acids is 1. The molecule has 2 aromatic rings. The SMILES string of the molecule is CS(=O)(=O)c1ccc(F)c(NC(=O)[C@H]2CC(c3ccc(Cl)s3)=NO2)c1. The summed E-state index contributed by atoms with van der Waals surface area (Å²) in [6.07, 6.45) is 0.269. The Hall–Kier alpha value is -1.97. The van der Waals surface area contributed by atoms with E-state index in [-0.39, 0.29) is 17.0 Å². The molecule has 25 heavy (non-hydrogen) atoms. The topological polar surface area (TPSA) is 84.8 Å². The quantitative estimate of drug-likeness (QED) is 0.796. The van der Waals surface area contributed by atoms with Crippen LogP contribution in [0.3, 0.4) is 0 Å². The van der Waals surface area contributed by atoms with Crippen LogP contribution in [0.2, 0.25) is 4.34 Å². The van der Waals surface area contributed by atoms with E-state index in [1.165, 1.54) is 11.3 Å². The van der Waals surface area contributed by atoms with Crippen LogP contribution in [0.15, 0.2) is 40.4 Å². The number of hydrogen-bond acceptors (Lipinski definition) is 6. The van der Waals surface area contributed by atoms with Gasteiger partial charge in [0.2, 0.25) is 6.10 Å². The number of halogens is 2. The average molecular weight is 403 g/mol. The number of nitrogens with one attached hydrogen (secondary N) is 1. The van der Waals surface area contributed by atoms with Crippen molar-refractivity contribution in [1.29, 1.82) is 0 Å². The number of hydrogen-bond donors (Lipinski definition) is 1. The van der Waals surface area contributed by atoms with Gasteiger partial charge in [-0.15, -0.1) is 11.3 Å². The zero-order valence-corrected chi connectivity index (χ0v) is 15.2. The summed E-state index contributed by atoms with van der Waals surface area (Å²) in [6.45, 7) is 0. The second-order valence-corrected chi connectivity index (χ2v) is 9.07. The van der Waals surface area contributed by atoms with Gasteiger partial charge in [0.25, 0.3) is 5.91 Å². The number of thiophene rings is 1. The second kappa shape index (κ2) is 6.74. The van der Waals surface area contributed by atoms with Crippen LogP contribution in [0.25, 0.3) is 0 Å². The summed E-state index contributed by atoms with van der Waals surface area (Å²) in [5, 5.41) is 6.20. The number of oxime groups is 1. The molecule has 1 atom stereocenters. The van der Waals surface area contributed by atoms with Gasteiger partial charge in [-0.1, -0.05) is 16.8 Å². The van der Waals surface area contributed by atoms with Crippen molar-refractivity contribution in [2.24, 2.45) is 5.16 Å². The third-order valence-electron chi connectivity index (χ3n) is 3.44. The van der Waals surface area contributed by atoms with Crippen LogP contribution in [-0.2, 0) is 19.5 Å². The van der Waals surface area contributed by atoms with Gasteiger partial charge in [-0.2, -0.15) is 0 Å². The molecule has 0 unspecified atom stereocenters. The van der Waals surface area contributed by atoms with Gasteiger partial charge in [-0.25, -0.2) is 12.8 Å². The maximum absolute atomic E-state index is 13.9. The first-order valence-corrected chi connectivity index (χ1v) is 10.1. The van der Waals surface area contributed by atoms with E-state index < -0.39 is 27.7 Å². The fraction of sp³-hybridized carbons (Fsp3) is 0.200. The molecule has 1 aliphatic rings. The molecule has 6 nitrogen and oxygen atoms in total. The number of rotatable bonds is 4. The Kier molecular flexibility index (Phi) is 4.81. The highest BCUT2D eigenvalue weighted by Gasteiger charge is 2.30. The largest absolute Gasteiger partial charge is 0.382 e. The van der Waals surface area contributed by atoms with E-state index in [0.29, 0.717) is 10.0 Å². The summed E-state index contributed by atoms with van der Waals surface area (Å²) in [5.74, 6) is -1.36. The van der Waals surface area contributed by atoms with Gasteiger partial charge in [0.05, 0.1) is 19.8 Å². The van der Waals surface area contributed by atoms with Gasteiger partial charge in [0.1, 0.15) is 11.5 Å². The standard InChI is InChI=1S/C15H12ClFN2O4S2/c1-25(21,22)8-2-3-9(17)10(6-8)18-15(20)12-7-11(19-23-12)13-4-5-14(16)24-13/h2-6,12H,7H2,1H3,(H,18,20)/t12-/m1/s1. The lowest BCUT2D eigenvalue weighted by Crippen LogP contribution is -2.28. The van der Waals surface area contributed by atoms with Crippen molar-refractivity contribution in [2.75, 3.05) is 11.6 Å². The molecule has 0 aliphatic carbocycles. The molecule has 1 amide bonds. The summed E-state index contributed by atoms with van der Waals surface area (Å²) in [4.78, 5) is 18.0. The van der Waals surface area contributed by atoms with E-state index in [1.807, 2.05) is 0 Å². The fourth-order valence-corrected chi connectivity index (χ4v) is 3.86. The third kappa shape index (κ3) is 4.00. The molecule has 3 rings (SSSR count). The Balaban J connectivity index is 1.72. The Bertz CT molecular complexity index is 972. The average Bonchev–Trinajstić information content (AvgIpc) is 3.17. The molecule has 0 fully saturated rings. The molecule has 132 valence electrons. The third-order valence-corrected chi connectivity index (χ3v) is 5.83. The number of carbonyl (C=O) groups is 1. The minimum absolute atomic E-state index is 0.0956. The van der Waals surface area contributed by atoms with Gasteiger partial charge >= 0.3 is 0 Å².